The Morgan fingerprint density at radius 2 is 1.63 bits per heavy atom. The van der Waals surface area contributed by atoms with Gasteiger partial charge in [0.1, 0.15) is 11.4 Å². The molecule has 1 atom stereocenters. The Morgan fingerprint density at radius 1 is 0.974 bits per heavy atom. The Labute approximate surface area is 223 Å². The van der Waals surface area contributed by atoms with Crippen LogP contribution >= 0.6 is 0 Å². The van der Waals surface area contributed by atoms with Gasteiger partial charge in [-0.25, -0.2) is 4.79 Å². The molecule has 0 bridgehead atoms. The predicted molar refractivity (Wildman–Crippen MR) is 148 cm³/mol. The molecule has 8 heteroatoms. The van der Waals surface area contributed by atoms with E-state index in [1.807, 2.05) is 42.5 Å². The molecule has 38 heavy (non-hydrogen) atoms. The molecule has 1 aliphatic heterocycles. The van der Waals surface area contributed by atoms with Gasteiger partial charge in [0.05, 0.1) is 29.8 Å². The van der Waals surface area contributed by atoms with Crippen LogP contribution < -0.4 is 15.8 Å². The molecule has 3 aromatic rings. The minimum Gasteiger partial charge on any atom is -0.495 e. The number of methoxy groups -OCH3 is 1. The number of fused-ring (bicyclic) bond motifs is 1. The second-order valence-electron chi connectivity index (χ2n) is 10.5. The number of hydrogen-bond donors (Lipinski definition) is 2. The molecule has 1 fully saturated rings. The Morgan fingerprint density at radius 3 is 2.24 bits per heavy atom. The number of nitrogens with two attached hydrogens (primary N) is 1. The van der Waals surface area contributed by atoms with Crippen LogP contribution in [0.25, 0.3) is 21.9 Å². The van der Waals surface area contributed by atoms with E-state index in [0.29, 0.717) is 37.3 Å². The van der Waals surface area contributed by atoms with E-state index < -0.39 is 23.4 Å². The molecule has 1 aliphatic rings. The number of carbonyl (C=O) groups is 3. The summed E-state index contributed by atoms with van der Waals surface area (Å²) in [5, 5.41) is 5.16. The molecule has 3 aromatic carbocycles. The van der Waals surface area contributed by atoms with Crippen molar-refractivity contribution in [2.45, 2.75) is 39.3 Å². The largest absolute Gasteiger partial charge is 0.495 e. The molecule has 0 radical (unpaired) electrons. The predicted octanol–water partition coefficient (Wildman–Crippen LogP) is 4.05. The highest BCUT2D eigenvalue weighted by Gasteiger charge is 2.34. The zero-order chi connectivity index (χ0) is 27.6. The Hall–Kier alpha value is -3.75. The smallest absolute Gasteiger partial charge is 0.339 e. The molecule has 1 amide bonds. The van der Waals surface area contributed by atoms with Crippen LogP contribution in [0.15, 0.2) is 48.5 Å². The van der Waals surface area contributed by atoms with Crippen LogP contribution in [0.4, 0.5) is 0 Å². The highest BCUT2D eigenvalue weighted by molar-refractivity contribution is 6.16. The molecule has 0 aromatic heterocycles. The van der Waals surface area contributed by atoms with Crippen LogP contribution in [0.1, 0.15) is 58.8 Å². The van der Waals surface area contributed by atoms with Crippen LogP contribution in [0.2, 0.25) is 0 Å². The minimum atomic E-state index is -0.904. The molecule has 8 nitrogen and oxygen atoms in total. The lowest BCUT2D eigenvalue weighted by atomic mass is 9.86. The minimum absolute atomic E-state index is 0.0969. The second kappa shape index (κ2) is 10.9. The van der Waals surface area contributed by atoms with E-state index in [9.17, 15) is 14.4 Å². The summed E-state index contributed by atoms with van der Waals surface area (Å²) in [5.41, 5.74) is 6.59. The molecule has 0 spiro atoms. The van der Waals surface area contributed by atoms with Crippen LogP contribution in [0.5, 0.6) is 5.75 Å². The first-order valence-electron chi connectivity index (χ1n) is 12.8. The van der Waals surface area contributed by atoms with Crippen LogP contribution in [-0.4, -0.2) is 67.5 Å². The van der Waals surface area contributed by atoms with Crippen molar-refractivity contribution in [1.82, 2.24) is 10.2 Å². The third kappa shape index (κ3) is 5.56. The third-order valence-electron chi connectivity index (χ3n) is 6.44. The summed E-state index contributed by atoms with van der Waals surface area (Å²) in [5.74, 6) is -1.30. The van der Waals surface area contributed by atoms with Crippen molar-refractivity contribution in [1.29, 1.82) is 0 Å². The fourth-order valence-electron chi connectivity index (χ4n) is 4.68. The summed E-state index contributed by atoms with van der Waals surface area (Å²) in [6, 6.07) is 14.1. The van der Waals surface area contributed by atoms with Gasteiger partial charge in [-0.05, 0) is 56.2 Å². The van der Waals surface area contributed by atoms with Gasteiger partial charge in [0.2, 0.25) is 0 Å². The summed E-state index contributed by atoms with van der Waals surface area (Å²) < 4.78 is 11.5. The highest BCUT2D eigenvalue weighted by Crippen LogP contribution is 2.40. The zero-order valence-corrected chi connectivity index (χ0v) is 22.6. The molecule has 0 saturated carbocycles. The van der Waals surface area contributed by atoms with Gasteiger partial charge in [-0.15, -0.1) is 0 Å². The first-order chi connectivity index (χ1) is 18.0. The maximum atomic E-state index is 13.7. The van der Waals surface area contributed by atoms with Crippen molar-refractivity contribution >= 4 is 28.4 Å². The summed E-state index contributed by atoms with van der Waals surface area (Å²) in [7, 11) is 1.42. The molecule has 4 rings (SSSR count). The van der Waals surface area contributed by atoms with Gasteiger partial charge >= 0.3 is 5.97 Å². The van der Waals surface area contributed by atoms with Crippen molar-refractivity contribution in [3.63, 3.8) is 0 Å². The monoisotopic (exact) mass is 517 g/mol. The number of carbonyl (C=O) groups excluding carboxylic acids is 3. The van der Waals surface area contributed by atoms with Gasteiger partial charge in [-0.2, -0.15) is 0 Å². The average Bonchev–Trinajstić information content (AvgIpc) is 2.90. The number of nitrogens with zero attached hydrogens (tertiary/aromatic N) is 1. The number of hydrogen-bond acceptors (Lipinski definition) is 7. The average molecular weight is 518 g/mol. The number of Topliss-reactive ketones (excluding diaryl/α,β-unsaturated/α-hetero) is 1. The second-order valence-corrected chi connectivity index (χ2v) is 10.5. The number of benzene rings is 3. The molecular weight excluding hydrogens is 482 g/mol. The van der Waals surface area contributed by atoms with Gasteiger partial charge in [0.25, 0.3) is 5.91 Å². The number of ether oxygens (including phenoxy) is 2. The topological polar surface area (TPSA) is 111 Å². The van der Waals surface area contributed by atoms with Gasteiger partial charge in [-0.3, -0.25) is 9.59 Å². The van der Waals surface area contributed by atoms with E-state index in [4.69, 9.17) is 15.2 Å². The molecule has 1 saturated heterocycles. The lowest BCUT2D eigenvalue weighted by Crippen LogP contribution is -2.46. The Bertz CT molecular complexity index is 1380. The first-order valence-corrected chi connectivity index (χ1v) is 12.8. The van der Waals surface area contributed by atoms with Crippen molar-refractivity contribution in [3.8, 4) is 16.9 Å². The first kappa shape index (κ1) is 27.3. The number of esters is 1. The van der Waals surface area contributed by atoms with Crippen LogP contribution in [-0.2, 0) is 4.74 Å². The summed E-state index contributed by atoms with van der Waals surface area (Å²) >= 11 is 0. The zero-order valence-electron chi connectivity index (χ0n) is 22.6. The van der Waals surface area contributed by atoms with E-state index >= 15 is 0 Å². The molecule has 3 N–H and O–H groups in total. The molecule has 1 heterocycles. The quantitative estimate of drug-likeness (QED) is 0.375. The Kier molecular flexibility index (Phi) is 7.85. The fourth-order valence-corrected chi connectivity index (χ4v) is 4.68. The molecule has 200 valence electrons. The highest BCUT2D eigenvalue weighted by atomic mass is 16.6. The third-order valence-corrected chi connectivity index (χ3v) is 6.44. The van der Waals surface area contributed by atoms with Crippen LogP contribution in [0.3, 0.4) is 0 Å². The van der Waals surface area contributed by atoms with E-state index in [2.05, 4.69) is 5.32 Å². The standard InChI is InChI=1S/C30H35N3O5/c1-18(31)26(34)25-24(21-11-10-19-8-6-7-9-20(19)16-21)22(29(36)38-30(2,3)4)17-23(27(25)37-5)28(35)33-14-12-32-13-15-33/h6-11,16-18,32H,12-15,31H2,1-5H3/t18-/m0/s1. The number of rotatable bonds is 6. The fraction of sp³-hybridized carbons (Fsp3) is 0.367. The summed E-state index contributed by atoms with van der Waals surface area (Å²) in [6.45, 7) is 9.16. The van der Waals surface area contributed by atoms with Crippen molar-refractivity contribution in [2.75, 3.05) is 33.3 Å². The van der Waals surface area contributed by atoms with Gasteiger partial charge in [-0.1, -0.05) is 36.4 Å². The van der Waals surface area contributed by atoms with Gasteiger partial charge < -0.3 is 25.4 Å². The lowest BCUT2D eigenvalue weighted by molar-refractivity contribution is 0.00703. The summed E-state index contributed by atoms with van der Waals surface area (Å²) in [4.78, 5) is 42.8. The van der Waals surface area contributed by atoms with Gasteiger partial charge in [0.15, 0.2) is 5.78 Å². The Balaban J connectivity index is 2.06. The molecular formula is C30H35N3O5. The SMILES string of the molecule is COc1c(C(=O)N2CCNCC2)cc(C(=O)OC(C)(C)C)c(-c2ccc3ccccc3c2)c1C(=O)[C@H](C)N. The van der Waals surface area contributed by atoms with E-state index in [1.165, 1.54) is 13.2 Å². The number of nitrogens with one attached hydrogen (secondary N) is 1. The van der Waals surface area contributed by atoms with Crippen molar-refractivity contribution in [2.24, 2.45) is 5.73 Å². The van der Waals surface area contributed by atoms with Crippen molar-refractivity contribution < 1.29 is 23.9 Å². The number of piperazine rings is 1. The van der Waals surface area contributed by atoms with E-state index in [-0.39, 0.29) is 28.3 Å². The maximum Gasteiger partial charge on any atom is 0.339 e. The van der Waals surface area contributed by atoms with Crippen molar-refractivity contribution in [3.05, 3.63) is 65.2 Å². The number of ketones is 1. The molecule has 0 unspecified atom stereocenters. The summed E-state index contributed by atoms with van der Waals surface area (Å²) in [6.07, 6.45) is 0. The lowest BCUT2D eigenvalue weighted by Gasteiger charge is -2.29. The van der Waals surface area contributed by atoms with Crippen LogP contribution in [0, 0.1) is 0 Å². The maximum absolute atomic E-state index is 13.7. The van der Waals surface area contributed by atoms with E-state index in [1.54, 1.807) is 32.6 Å². The van der Waals surface area contributed by atoms with Gasteiger partial charge in [0, 0.05) is 31.7 Å². The normalized spacial score (nSPS) is 14.7. The molecule has 0 aliphatic carbocycles. The number of amides is 1. The van der Waals surface area contributed by atoms with E-state index in [0.717, 1.165) is 10.8 Å².